The molecule has 0 atom stereocenters. The highest BCUT2D eigenvalue weighted by molar-refractivity contribution is 9.09. The molecule has 0 unspecified atom stereocenters. The van der Waals surface area contributed by atoms with Crippen molar-refractivity contribution in [2.24, 2.45) is 5.41 Å². The molecule has 0 bridgehead atoms. The minimum Gasteiger partial charge on any atom is -0.456 e. The predicted molar refractivity (Wildman–Crippen MR) is 68.0 cm³/mol. The van der Waals surface area contributed by atoms with Crippen molar-refractivity contribution in [3.8, 4) is 0 Å². The van der Waals surface area contributed by atoms with Gasteiger partial charge in [0.05, 0.1) is 0 Å². The van der Waals surface area contributed by atoms with Crippen LogP contribution in [0.15, 0.2) is 16.5 Å². The van der Waals surface area contributed by atoms with Crippen LogP contribution in [0.4, 0.5) is 0 Å². The largest absolute Gasteiger partial charge is 0.456 e. The summed E-state index contributed by atoms with van der Waals surface area (Å²) in [6, 6.07) is 3.56. The number of halogens is 1. The first-order chi connectivity index (χ1) is 7.48. The van der Waals surface area contributed by atoms with Gasteiger partial charge in [-0.2, -0.15) is 0 Å². The number of nitrogens with one attached hydrogen (secondary N) is 1. The van der Waals surface area contributed by atoms with Crippen molar-refractivity contribution in [2.75, 3.05) is 11.9 Å². The summed E-state index contributed by atoms with van der Waals surface area (Å²) in [6.45, 7) is 6.79. The van der Waals surface area contributed by atoms with E-state index in [-0.39, 0.29) is 11.3 Å². The van der Waals surface area contributed by atoms with Crippen LogP contribution in [0.5, 0.6) is 0 Å². The summed E-state index contributed by atoms with van der Waals surface area (Å²) in [4.78, 5) is 11.7. The first kappa shape index (κ1) is 13.3. The molecule has 0 aromatic carbocycles. The van der Waals surface area contributed by atoms with E-state index in [0.29, 0.717) is 12.3 Å². The molecule has 0 fully saturated rings. The number of alkyl halides is 1. The van der Waals surface area contributed by atoms with Gasteiger partial charge in [-0.1, -0.05) is 36.7 Å². The second-order valence-electron chi connectivity index (χ2n) is 4.60. The van der Waals surface area contributed by atoms with Gasteiger partial charge < -0.3 is 9.73 Å². The Bertz CT molecular complexity index is 358. The van der Waals surface area contributed by atoms with Gasteiger partial charge in [-0.15, -0.1) is 0 Å². The molecule has 1 amide bonds. The van der Waals surface area contributed by atoms with Gasteiger partial charge in [-0.3, -0.25) is 4.79 Å². The molecule has 0 spiro atoms. The number of amides is 1. The van der Waals surface area contributed by atoms with Gasteiger partial charge in [0.2, 0.25) is 0 Å². The standard InChI is InChI=1S/C12H18BrNO2/c1-4-9-5-6-10(16-9)11(15)14-8-12(2,3)7-13/h5-6H,4,7-8H2,1-3H3,(H,14,15). The molecular weight excluding hydrogens is 270 g/mol. The summed E-state index contributed by atoms with van der Waals surface area (Å²) in [6.07, 6.45) is 0.806. The first-order valence-corrected chi connectivity index (χ1v) is 6.53. The fraction of sp³-hybridized carbons (Fsp3) is 0.583. The molecule has 1 aromatic heterocycles. The van der Waals surface area contributed by atoms with Crippen LogP contribution in [-0.2, 0) is 6.42 Å². The Morgan fingerprint density at radius 1 is 1.50 bits per heavy atom. The van der Waals surface area contributed by atoms with Crippen molar-refractivity contribution < 1.29 is 9.21 Å². The average molecular weight is 288 g/mol. The molecule has 1 aromatic rings. The van der Waals surface area contributed by atoms with Gasteiger partial charge in [0.1, 0.15) is 5.76 Å². The Kier molecular flexibility index (Phi) is 4.59. The fourth-order valence-electron chi connectivity index (χ4n) is 1.14. The van der Waals surface area contributed by atoms with Crippen LogP contribution < -0.4 is 5.32 Å². The molecule has 1 N–H and O–H groups in total. The second-order valence-corrected chi connectivity index (χ2v) is 5.16. The molecule has 16 heavy (non-hydrogen) atoms. The van der Waals surface area contributed by atoms with Gasteiger partial charge in [0.15, 0.2) is 5.76 Å². The van der Waals surface area contributed by atoms with E-state index in [9.17, 15) is 4.79 Å². The van der Waals surface area contributed by atoms with Crippen LogP contribution >= 0.6 is 15.9 Å². The maximum Gasteiger partial charge on any atom is 0.287 e. The van der Waals surface area contributed by atoms with Gasteiger partial charge in [0, 0.05) is 18.3 Å². The summed E-state index contributed by atoms with van der Waals surface area (Å²) in [7, 11) is 0. The highest BCUT2D eigenvalue weighted by Gasteiger charge is 2.18. The first-order valence-electron chi connectivity index (χ1n) is 5.41. The number of furan rings is 1. The highest BCUT2D eigenvalue weighted by atomic mass is 79.9. The van der Waals surface area contributed by atoms with E-state index in [2.05, 4.69) is 35.1 Å². The number of hydrogen-bond acceptors (Lipinski definition) is 2. The Morgan fingerprint density at radius 3 is 2.69 bits per heavy atom. The Hall–Kier alpha value is -0.770. The van der Waals surface area contributed by atoms with Gasteiger partial charge >= 0.3 is 0 Å². The molecule has 0 aliphatic heterocycles. The van der Waals surface area contributed by atoms with Gasteiger partial charge in [-0.05, 0) is 17.5 Å². The summed E-state index contributed by atoms with van der Waals surface area (Å²) in [5.41, 5.74) is 0.0514. The Labute approximate surface area is 105 Å². The summed E-state index contributed by atoms with van der Waals surface area (Å²) in [5.74, 6) is 1.08. The van der Waals surface area contributed by atoms with Crippen LogP contribution in [0, 0.1) is 5.41 Å². The topological polar surface area (TPSA) is 42.2 Å². The van der Waals surface area contributed by atoms with Crippen molar-refractivity contribution in [3.63, 3.8) is 0 Å². The molecule has 4 heteroatoms. The van der Waals surface area contributed by atoms with Crippen LogP contribution in [0.2, 0.25) is 0 Å². The smallest absolute Gasteiger partial charge is 0.287 e. The summed E-state index contributed by atoms with van der Waals surface area (Å²) in [5, 5.41) is 3.71. The molecule has 3 nitrogen and oxygen atoms in total. The van der Waals surface area contributed by atoms with Crippen LogP contribution in [0.1, 0.15) is 37.1 Å². The minimum absolute atomic E-state index is 0.0514. The quantitative estimate of drug-likeness (QED) is 0.846. The van der Waals surface area contributed by atoms with E-state index in [1.54, 1.807) is 6.07 Å². The molecule has 0 saturated carbocycles. The van der Waals surface area contributed by atoms with E-state index in [0.717, 1.165) is 17.5 Å². The van der Waals surface area contributed by atoms with Gasteiger partial charge in [-0.25, -0.2) is 0 Å². The molecule has 0 radical (unpaired) electrons. The average Bonchev–Trinajstić information content (AvgIpc) is 2.74. The van der Waals surface area contributed by atoms with Crippen LogP contribution in [0.3, 0.4) is 0 Å². The number of aryl methyl sites for hydroxylation is 1. The molecule has 90 valence electrons. The van der Waals surface area contributed by atoms with Crippen molar-refractivity contribution >= 4 is 21.8 Å². The van der Waals surface area contributed by atoms with E-state index >= 15 is 0 Å². The van der Waals surface area contributed by atoms with Crippen LogP contribution in [0.25, 0.3) is 0 Å². The van der Waals surface area contributed by atoms with E-state index in [1.165, 1.54) is 0 Å². The maximum atomic E-state index is 11.7. The zero-order valence-corrected chi connectivity index (χ0v) is 11.6. The fourth-order valence-corrected chi connectivity index (χ4v) is 1.34. The number of carbonyl (C=O) groups is 1. The summed E-state index contributed by atoms with van der Waals surface area (Å²) >= 11 is 3.42. The lowest BCUT2D eigenvalue weighted by atomic mass is 9.97. The minimum atomic E-state index is -0.145. The number of rotatable bonds is 5. The van der Waals surface area contributed by atoms with Crippen LogP contribution in [-0.4, -0.2) is 17.8 Å². The van der Waals surface area contributed by atoms with E-state index in [1.807, 2.05) is 13.0 Å². The molecular formula is C12H18BrNO2. The van der Waals surface area contributed by atoms with Crippen molar-refractivity contribution in [2.45, 2.75) is 27.2 Å². The second kappa shape index (κ2) is 5.53. The SMILES string of the molecule is CCc1ccc(C(=O)NCC(C)(C)CBr)o1. The predicted octanol–water partition coefficient (Wildman–Crippen LogP) is 2.99. The lowest BCUT2D eigenvalue weighted by molar-refractivity contribution is 0.0910. The third-order valence-electron chi connectivity index (χ3n) is 2.32. The summed E-state index contributed by atoms with van der Waals surface area (Å²) < 4.78 is 5.37. The third-order valence-corrected chi connectivity index (χ3v) is 3.84. The monoisotopic (exact) mass is 287 g/mol. The lowest BCUT2D eigenvalue weighted by Gasteiger charge is -2.21. The Morgan fingerprint density at radius 2 is 2.19 bits per heavy atom. The third kappa shape index (κ3) is 3.67. The molecule has 0 saturated heterocycles. The number of hydrogen-bond donors (Lipinski definition) is 1. The molecule has 0 aliphatic rings. The van der Waals surface area contributed by atoms with E-state index in [4.69, 9.17) is 4.42 Å². The van der Waals surface area contributed by atoms with Crippen molar-refractivity contribution in [1.29, 1.82) is 0 Å². The zero-order chi connectivity index (χ0) is 12.2. The Balaban J connectivity index is 2.53. The van der Waals surface area contributed by atoms with Gasteiger partial charge in [0.25, 0.3) is 5.91 Å². The molecule has 0 aliphatic carbocycles. The highest BCUT2D eigenvalue weighted by Crippen LogP contribution is 2.17. The van der Waals surface area contributed by atoms with E-state index < -0.39 is 0 Å². The lowest BCUT2D eigenvalue weighted by Crippen LogP contribution is -2.34. The van der Waals surface area contributed by atoms with Crippen molar-refractivity contribution in [1.82, 2.24) is 5.32 Å². The molecule has 1 heterocycles. The number of carbonyl (C=O) groups excluding carboxylic acids is 1. The van der Waals surface area contributed by atoms with Crippen molar-refractivity contribution in [3.05, 3.63) is 23.7 Å². The maximum absolute atomic E-state index is 11.7. The molecule has 1 rings (SSSR count). The zero-order valence-electron chi connectivity index (χ0n) is 9.97. The normalized spacial score (nSPS) is 11.5.